The number of hydrazone groups is 1. The van der Waals surface area contributed by atoms with Crippen LogP contribution in [0.25, 0.3) is 0 Å². The maximum Gasteiger partial charge on any atom is 0.186 e. The van der Waals surface area contributed by atoms with Crippen molar-refractivity contribution in [3.8, 4) is 0 Å². The van der Waals surface area contributed by atoms with E-state index in [0.29, 0.717) is 5.11 Å². The molecule has 5 heteroatoms. The summed E-state index contributed by atoms with van der Waals surface area (Å²) in [4.78, 5) is 0. The van der Waals surface area contributed by atoms with Crippen molar-refractivity contribution < 1.29 is 0 Å². The fourth-order valence-electron chi connectivity index (χ4n) is 1.53. The van der Waals surface area contributed by atoms with Gasteiger partial charge < -0.3 is 5.32 Å². The first-order valence-electron chi connectivity index (χ1n) is 6.53. The lowest BCUT2D eigenvalue weighted by molar-refractivity contribution is 0.744. The van der Waals surface area contributed by atoms with Crippen molar-refractivity contribution in [2.45, 2.75) is 33.1 Å². The Morgan fingerprint density at radius 3 is 2.53 bits per heavy atom. The molecule has 1 aromatic rings. The van der Waals surface area contributed by atoms with Crippen molar-refractivity contribution >= 4 is 34.6 Å². The molecule has 0 unspecified atom stereocenters. The molecule has 3 nitrogen and oxygen atoms in total. The van der Waals surface area contributed by atoms with E-state index in [1.165, 1.54) is 0 Å². The highest BCUT2D eigenvalue weighted by atomic mass is 35.5. The van der Waals surface area contributed by atoms with E-state index in [2.05, 4.69) is 29.7 Å². The predicted molar refractivity (Wildman–Crippen MR) is 86.9 cm³/mol. The van der Waals surface area contributed by atoms with Gasteiger partial charge in [0.25, 0.3) is 0 Å². The Hall–Kier alpha value is -1.13. The molecule has 2 N–H and O–H groups in total. The van der Waals surface area contributed by atoms with Crippen LogP contribution in [-0.4, -0.2) is 17.4 Å². The molecule has 0 heterocycles. The Balaban J connectivity index is 2.57. The molecule has 0 aliphatic carbocycles. The summed E-state index contributed by atoms with van der Waals surface area (Å²) in [6, 6.07) is 7.64. The summed E-state index contributed by atoms with van der Waals surface area (Å²) in [6.45, 7) is 5.08. The first-order chi connectivity index (χ1) is 9.17. The SMILES string of the molecule is CCCCNC(=S)N/N=C(/CC)c1ccc(Cl)cc1. The highest BCUT2D eigenvalue weighted by Crippen LogP contribution is 2.11. The van der Waals surface area contributed by atoms with Crippen LogP contribution in [0, 0.1) is 0 Å². The molecular formula is C14H20ClN3S. The molecule has 19 heavy (non-hydrogen) atoms. The van der Waals surface area contributed by atoms with Crippen molar-refractivity contribution in [2.75, 3.05) is 6.54 Å². The third kappa shape index (κ3) is 6.03. The highest BCUT2D eigenvalue weighted by Gasteiger charge is 2.01. The molecule has 104 valence electrons. The van der Waals surface area contributed by atoms with Crippen LogP contribution in [0.4, 0.5) is 0 Å². The predicted octanol–water partition coefficient (Wildman–Crippen LogP) is 3.72. The zero-order valence-electron chi connectivity index (χ0n) is 11.4. The van der Waals surface area contributed by atoms with Gasteiger partial charge in [-0.1, -0.05) is 44.0 Å². The first kappa shape index (κ1) is 15.9. The molecular weight excluding hydrogens is 278 g/mol. The Morgan fingerprint density at radius 1 is 1.26 bits per heavy atom. The topological polar surface area (TPSA) is 36.4 Å². The maximum absolute atomic E-state index is 5.87. The van der Waals surface area contributed by atoms with Gasteiger partial charge >= 0.3 is 0 Å². The van der Waals surface area contributed by atoms with Gasteiger partial charge in [-0.15, -0.1) is 0 Å². The Bertz CT molecular complexity index is 429. The van der Waals surface area contributed by atoms with Crippen LogP contribution in [0.5, 0.6) is 0 Å². The lowest BCUT2D eigenvalue weighted by Crippen LogP contribution is -2.33. The Morgan fingerprint density at radius 2 is 1.95 bits per heavy atom. The summed E-state index contributed by atoms with van der Waals surface area (Å²) in [7, 11) is 0. The highest BCUT2D eigenvalue weighted by molar-refractivity contribution is 7.80. The molecule has 0 saturated carbocycles. The number of unbranched alkanes of at least 4 members (excludes halogenated alkanes) is 1. The number of rotatable bonds is 6. The number of hydrogen-bond donors (Lipinski definition) is 2. The van der Waals surface area contributed by atoms with Gasteiger partial charge in [-0.2, -0.15) is 5.10 Å². The summed E-state index contributed by atoms with van der Waals surface area (Å²) < 4.78 is 0. The van der Waals surface area contributed by atoms with Crippen LogP contribution in [-0.2, 0) is 0 Å². The molecule has 1 aromatic carbocycles. The summed E-state index contributed by atoms with van der Waals surface area (Å²) >= 11 is 11.0. The van der Waals surface area contributed by atoms with Crippen molar-refractivity contribution in [3.63, 3.8) is 0 Å². The molecule has 0 bridgehead atoms. The molecule has 0 aromatic heterocycles. The second kappa shape index (κ2) is 8.88. The monoisotopic (exact) mass is 297 g/mol. The second-order valence-corrected chi connectivity index (χ2v) is 4.98. The molecule has 0 saturated heterocycles. The zero-order chi connectivity index (χ0) is 14.1. The normalized spacial score (nSPS) is 11.2. The number of thiocarbonyl (C=S) groups is 1. The van der Waals surface area contributed by atoms with Gasteiger partial charge in [-0.3, -0.25) is 5.43 Å². The van der Waals surface area contributed by atoms with Crippen molar-refractivity contribution in [1.82, 2.24) is 10.7 Å². The summed E-state index contributed by atoms with van der Waals surface area (Å²) in [5, 5.41) is 8.75. The van der Waals surface area contributed by atoms with Crippen LogP contribution < -0.4 is 10.7 Å². The Kier molecular flexibility index (Phi) is 7.45. The third-order valence-corrected chi connectivity index (χ3v) is 3.11. The van der Waals surface area contributed by atoms with E-state index in [4.69, 9.17) is 23.8 Å². The van der Waals surface area contributed by atoms with E-state index in [9.17, 15) is 0 Å². The molecule has 0 radical (unpaired) electrons. The van der Waals surface area contributed by atoms with Crippen molar-refractivity contribution in [1.29, 1.82) is 0 Å². The van der Waals surface area contributed by atoms with Crippen LogP contribution in [0.3, 0.4) is 0 Å². The van der Waals surface area contributed by atoms with Gasteiger partial charge in [-0.25, -0.2) is 0 Å². The molecule has 0 atom stereocenters. The van der Waals surface area contributed by atoms with Gasteiger partial charge in [0.15, 0.2) is 5.11 Å². The fraction of sp³-hybridized carbons (Fsp3) is 0.429. The largest absolute Gasteiger partial charge is 0.361 e. The van der Waals surface area contributed by atoms with Gasteiger partial charge in [0.2, 0.25) is 0 Å². The molecule has 0 fully saturated rings. The second-order valence-electron chi connectivity index (χ2n) is 4.14. The minimum absolute atomic E-state index is 0.563. The van der Waals surface area contributed by atoms with Gasteiger partial charge in [0.1, 0.15) is 0 Å². The van der Waals surface area contributed by atoms with Crippen molar-refractivity contribution in [3.05, 3.63) is 34.9 Å². The quantitative estimate of drug-likeness (QED) is 0.364. The van der Waals surface area contributed by atoms with E-state index >= 15 is 0 Å². The maximum atomic E-state index is 5.87. The van der Waals surface area contributed by atoms with E-state index < -0.39 is 0 Å². The van der Waals surface area contributed by atoms with Crippen molar-refractivity contribution in [2.24, 2.45) is 5.10 Å². The molecule has 0 aliphatic heterocycles. The van der Waals surface area contributed by atoms with Crippen LogP contribution in [0.1, 0.15) is 38.7 Å². The lowest BCUT2D eigenvalue weighted by atomic mass is 10.1. The van der Waals surface area contributed by atoms with Gasteiger partial charge in [-0.05, 0) is 42.8 Å². The first-order valence-corrected chi connectivity index (χ1v) is 7.32. The van der Waals surface area contributed by atoms with Crippen LogP contribution in [0.2, 0.25) is 5.02 Å². The summed E-state index contributed by atoms with van der Waals surface area (Å²) in [5.41, 5.74) is 4.89. The van der Waals surface area contributed by atoms with E-state index in [1.54, 1.807) is 0 Å². The molecule has 1 rings (SSSR count). The number of hydrogen-bond acceptors (Lipinski definition) is 2. The smallest absolute Gasteiger partial charge is 0.186 e. The standard InChI is InChI=1S/C14H20ClN3S/c1-3-5-10-16-14(19)18-17-13(4-2)11-6-8-12(15)9-7-11/h6-9H,3-5,10H2,1-2H3,(H2,16,18,19)/b17-13-. The minimum Gasteiger partial charge on any atom is -0.361 e. The van der Waals surface area contributed by atoms with Crippen LogP contribution >= 0.6 is 23.8 Å². The average Bonchev–Trinajstić information content (AvgIpc) is 2.41. The number of nitrogens with zero attached hydrogens (tertiary/aromatic N) is 1. The number of benzene rings is 1. The molecule has 0 amide bonds. The molecule has 0 spiro atoms. The summed E-state index contributed by atoms with van der Waals surface area (Å²) in [6.07, 6.45) is 3.07. The summed E-state index contributed by atoms with van der Waals surface area (Å²) in [5.74, 6) is 0. The van der Waals surface area contributed by atoms with E-state index in [0.717, 1.165) is 42.1 Å². The minimum atomic E-state index is 0.563. The van der Waals surface area contributed by atoms with E-state index in [1.807, 2.05) is 24.3 Å². The number of halogens is 1. The van der Waals surface area contributed by atoms with Crippen LogP contribution in [0.15, 0.2) is 29.4 Å². The zero-order valence-corrected chi connectivity index (χ0v) is 12.9. The van der Waals surface area contributed by atoms with Gasteiger partial charge in [0.05, 0.1) is 5.71 Å². The third-order valence-electron chi connectivity index (χ3n) is 2.62. The van der Waals surface area contributed by atoms with Gasteiger partial charge in [0, 0.05) is 11.6 Å². The van der Waals surface area contributed by atoms with E-state index in [-0.39, 0.29) is 0 Å². The Labute approximate surface area is 125 Å². The molecule has 0 aliphatic rings. The average molecular weight is 298 g/mol. The number of nitrogens with one attached hydrogen (secondary N) is 2. The fourth-order valence-corrected chi connectivity index (χ4v) is 1.80. The lowest BCUT2D eigenvalue weighted by Gasteiger charge is -2.08.